The molecule has 0 aliphatic carbocycles. The average Bonchev–Trinajstić information content (AvgIpc) is 2.51. The van der Waals surface area contributed by atoms with Crippen LogP contribution < -0.4 is 4.74 Å². The molecule has 0 spiro atoms. The van der Waals surface area contributed by atoms with Crippen molar-refractivity contribution in [1.82, 2.24) is 0 Å². The number of carbonyl (C=O) groups excluding carboxylic acids is 3. The quantitative estimate of drug-likeness (QED) is 0.240. The topological polar surface area (TPSA) is 78.9 Å². The molecule has 0 saturated carbocycles. The van der Waals surface area contributed by atoms with Crippen LogP contribution in [0, 0.1) is 0 Å². The van der Waals surface area contributed by atoms with Gasteiger partial charge in [-0.3, -0.25) is 4.79 Å². The Balaban J connectivity index is 2.20. The molecular weight excluding hydrogens is 356 g/mol. The van der Waals surface area contributed by atoms with Gasteiger partial charge in [0.05, 0.1) is 19.3 Å². The molecule has 0 amide bonds. The molecule has 1 atom stereocenters. The summed E-state index contributed by atoms with van der Waals surface area (Å²) in [5.41, 5.74) is 0. The fourth-order valence-electron chi connectivity index (χ4n) is 1.37. The second-order valence-electron chi connectivity index (χ2n) is 4.41. The van der Waals surface area contributed by atoms with E-state index in [1.165, 1.54) is 0 Å². The van der Waals surface area contributed by atoms with Crippen molar-refractivity contribution in [1.29, 1.82) is 0 Å². The van der Waals surface area contributed by atoms with Crippen molar-refractivity contribution in [2.24, 2.45) is 0 Å². The SMILES string of the molecule is CCC(Br)CC(=O)OOC(=O)CCC(=O)Oc1ccccc1. The van der Waals surface area contributed by atoms with E-state index in [4.69, 9.17) is 4.74 Å². The van der Waals surface area contributed by atoms with Gasteiger partial charge < -0.3 is 4.74 Å². The van der Waals surface area contributed by atoms with E-state index in [1.807, 2.05) is 6.92 Å². The molecule has 1 aromatic rings. The zero-order valence-corrected chi connectivity index (χ0v) is 13.7. The number of benzene rings is 1. The van der Waals surface area contributed by atoms with E-state index >= 15 is 0 Å². The van der Waals surface area contributed by atoms with E-state index < -0.39 is 17.9 Å². The normalized spacial score (nSPS) is 11.4. The number of hydrogen-bond acceptors (Lipinski definition) is 6. The lowest BCUT2D eigenvalue weighted by atomic mass is 10.2. The van der Waals surface area contributed by atoms with Crippen LogP contribution >= 0.6 is 15.9 Å². The summed E-state index contributed by atoms with van der Waals surface area (Å²) in [5.74, 6) is -1.62. The third-order valence-corrected chi connectivity index (χ3v) is 3.54. The minimum Gasteiger partial charge on any atom is -0.427 e. The smallest absolute Gasteiger partial charge is 0.356 e. The number of ether oxygens (including phenoxy) is 1. The minimum atomic E-state index is -0.805. The van der Waals surface area contributed by atoms with E-state index in [0.717, 1.165) is 6.42 Å². The maximum Gasteiger partial charge on any atom is 0.356 e. The molecule has 1 rings (SSSR count). The molecule has 0 saturated heterocycles. The molecule has 0 aliphatic rings. The maximum atomic E-state index is 11.5. The maximum absolute atomic E-state index is 11.5. The Morgan fingerprint density at radius 3 is 2.23 bits per heavy atom. The fourth-order valence-corrected chi connectivity index (χ4v) is 1.63. The number of alkyl halides is 1. The number of halogens is 1. The molecule has 22 heavy (non-hydrogen) atoms. The van der Waals surface area contributed by atoms with Crippen LogP contribution in [0.15, 0.2) is 30.3 Å². The summed E-state index contributed by atoms with van der Waals surface area (Å²) >= 11 is 3.26. The molecule has 0 fully saturated rings. The Hall–Kier alpha value is -1.89. The Morgan fingerprint density at radius 2 is 1.59 bits per heavy atom. The lowest BCUT2D eigenvalue weighted by Gasteiger charge is -2.06. The summed E-state index contributed by atoms with van der Waals surface area (Å²) < 4.78 is 5.00. The van der Waals surface area contributed by atoms with Crippen LogP contribution in [0.2, 0.25) is 0 Å². The van der Waals surface area contributed by atoms with Crippen molar-refractivity contribution < 1.29 is 28.9 Å². The average molecular weight is 373 g/mol. The number of rotatable bonds is 7. The van der Waals surface area contributed by atoms with E-state index in [-0.39, 0.29) is 24.1 Å². The van der Waals surface area contributed by atoms with Crippen molar-refractivity contribution >= 4 is 33.8 Å². The molecule has 1 aromatic carbocycles. The van der Waals surface area contributed by atoms with Crippen LogP contribution in [0.3, 0.4) is 0 Å². The predicted molar refractivity (Wildman–Crippen MR) is 81.1 cm³/mol. The van der Waals surface area contributed by atoms with Gasteiger partial charge in [0.1, 0.15) is 5.75 Å². The van der Waals surface area contributed by atoms with Crippen molar-refractivity contribution in [3.63, 3.8) is 0 Å². The van der Waals surface area contributed by atoms with Gasteiger partial charge in [0.2, 0.25) is 0 Å². The molecule has 6 nitrogen and oxygen atoms in total. The number of para-hydroxylation sites is 1. The highest BCUT2D eigenvalue weighted by Gasteiger charge is 2.15. The van der Waals surface area contributed by atoms with Crippen molar-refractivity contribution in [2.75, 3.05) is 0 Å². The molecule has 7 heteroatoms. The third-order valence-electron chi connectivity index (χ3n) is 2.57. The molecule has 0 radical (unpaired) electrons. The first-order valence-corrected chi connectivity index (χ1v) is 7.72. The zero-order valence-electron chi connectivity index (χ0n) is 12.1. The standard InChI is InChI=1S/C15H17BrO6/c1-2-11(16)10-15(19)22-21-14(18)9-8-13(17)20-12-6-4-3-5-7-12/h3-7,11H,2,8-10H2,1H3. The Labute approximate surface area is 136 Å². The second-order valence-corrected chi connectivity index (χ2v) is 5.70. The highest BCUT2D eigenvalue weighted by Crippen LogP contribution is 2.11. The van der Waals surface area contributed by atoms with Crippen molar-refractivity contribution in [3.8, 4) is 5.75 Å². The van der Waals surface area contributed by atoms with Gasteiger partial charge in [-0.25, -0.2) is 19.4 Å². The number of carbonyl (C=O) groups is 3. The number of hydrogen-bond donors (Lipinski definition) is 0. The van der Waals surface area contributed by atoms with Gasteiger partial charge in [0.25, 0.3) is 0 Å². The summed E-state index contributed by atoms with van der Waals surface area (Å²) in [6, 6.07) is 8.50. The first kappa shape index (κ1) is 18.2. The van der Waals surface area contributed by atoms with Gasteiger partial charge in [-0.15, -0.1) is 0 Å². The minimum absolute atomic E-state index is 0.0282. The van der Waals surface area contributed by atoms with Crippen molar-refractivity contribution in [2.45, 2.75) is 37.4 Å². The predicted octanol–water partition coefficient (Wildman–Crippen LogP) is 2.94. The third kappa shape index (κ3) is 7.78. The summed E-state index contributed by atoms with van der Waals surface area (Å²) in [6.45, 7) is 1.90. The van der Waals surface area contributed by atoms with Gasteiger partial charge in [-0.05, 0) is 18.6 Å². The summed E-state index contributed by atoms with van der Waals surface area (Å²) in [5, 5.41) is 0. The molecule has 0 N–H and O–H groups in total. The molecule has 120 valence electrons. The molecule has 0 aromatic heterocycles. The van der Waals surface area contributed by atoms with Crippen LogP contribution in [0.5, 0.6) is 5.75 Å². The summed E-state index contributed by atoms with van der Waals surface area (Å²) in [7, 11) is 0. The van der Waals surface area contributed by atoms with E-state index in [2.05, 4.69) is 25.7 Å². The highest BCUT2D eigenvalue weighted by molar-refractivity contribution is 9.09. The lowest BCUT2D eigenvalue weighted by Crippen LogP contribution is -2.16. The van der Waals surface area contributed by atoms with E-state index in [9.17, 15) is 14.4 Å². The van der Waals surface area contributed by atoms with Crippen molar-refractivity contribution in [3.05, 3.63) is 30.3 Å². The van der Waals surface area contributed by atoms with Gasteiger partial charge in [0, 0.05) is 4.83 Å². The Bertz CT molecular complexity index is 502. The molecular formula is C15H17BrO6. The van der Waals surface area contributed by atoms with Crippen LogP contribution in [0.25, 0.3) is 0 Å². The second kappa shape index (κ2) is 9.94. The van der Waals surface area contributed by atoms with Gasteiger partial charge >= 0.3 is 17.9 Å². The number of esters is 1. The van der Waals surface area contributed by atoms with E-state index in [1.54, 1.807) is 30.3 Å². The fraction of sp³-hybridized carbons (Fsp3) is 0.400. The zero-order chi connectivity index (χ0) is 16.4. The van der Waals surface area contributed by atoms with Gasteiger partial charge in [-0.2, -0.15) is 0 Å². The van der Waals surface area contributed by atoms with Crippen LogP contribution in [0.4, 0.5) is 0 Å². The first-order valence-electron chi connectivity index (χ1n) is 6.81. The Morgan fingerprint density at radius 1 is 1.00 bits per heavy atom. The molecule has 0 heterocycles. The monoisotopic (exact) mass is 372 g/mol. The summed E-state index contributed by atoms with van der Waals surface area (Å²) in [6.07, 6.45) is 0.444. The lowest BCUT2D eigenvalue weighted by molar-refractivity contribution is -0.259. The van der Waals surface area contributed by atoms with Gasteiger partial charge in [0.15, 0.2) is 0 Å². The largest absolute Gasteiger partial charge is 0.427 e. The first-order chi connectivity index (χ1) is 10.5. The Kier molecular flexibility index (Phi) is 8.21. The van der Waals surface area contributed by atoms with Crippen LogP contribution in [0.1, 0.15) is 32.6 Å². The van der Waals surface area contributed by atoms with Crippen LogP contribution in [-0.2, 0) is 24.2 Å². The molecule has 0 bridgehead atoms. The van der Waals surface area contributed by atoms with Crippen LogP contribution in [-0.4, -0.2) is 22.7 Å². The van der Waals surface area contributed by atoms with Gasteiger partial charge in [-0.1, -0.05) is 41.1 Å². The summed E-state index contributed by atoms with van der Waals surface area (Å²) in [4.78, 5) is 42.8. The van der Waals surface area contributed by atoms with E-state index in [0.29, 0.717) is 5.75 Å². The molecule has 1 unspecified atom stereocenters. The highest BCUT2D eigenvalue weighted by atomic mass is 79.9. The molecule has 0 aliphatic heterocycles.